The largest absolute Gasteiger partial charge is 0.493 e. The number of ether oxygens (including phenoxy) is 2. The molecule has 1 fully saturated rings. The van der Waals surface area contributed by atoms with Gasteiger partial charge < -0.3 is 20.1 Å². The molecule has 170 valence electrons. The zero-order valence-electron chi connectivity index (χ0n) is 18.1. The lowest BCUT2D eigenvalue weighted by atomic mass is 9.92. The van der Waals surface area contributed by atoms with Gasteiger partial charge in [0.15, 0.2) is 6.29 Å². The van der Waals surface area contributed by atoms with E-state index in [-0.39, 0.29) is 29.5 Å². The minimum absolute atomic E-state index is 0.0594. The second-order valence-corrected chi connectivity index (χ2v) is 8.53. The van der Waals surface area contributed by atoms with E-state index in [0.717, 1.165) is 37.5 Å². The van der Waals surface area contributed by atoms with Gasteiger partial charge in [-0.05, 0) is 73.8 Å². The van der Waals surface area contributed by atoms with E-state index >= 15 is 0 Å². The minimum atomic E-state index is -0.706. The second-order valence-electron chi connectivity index (χ2n) is 8.53. The number of hydrogen-bond donors (Lipinski definition) is 1. The highest BCUT2D eigenvalue weighted by Gasteiger charge is 2.26. The van der Waals surface area contributed by atoms with E-state index in [9.17, 15) is 14.0 Å². The first-order chi connectivity index (χ1) is 15.5. The third-order valence-corrected chi connectivity index (χ3v) is 6.34. The summed E-state index contributed by atoms with van der Waals surface area (Å²) in [7, 11) is 0. The molecule has 2 N–H and O–H groups in total. The van der Waals surface area contributed by atoms with Crippen molar-refractivity contribution in [2.45, 2.75) is 38.5 Å². The SMILES string of the molecule is Nc1cc(C(=O)N2CCC(COc3ccc4c(c3)CCCC4)CC2)c(F)cc1OCC=O. The number of carbonyl (C=O) groups excluding carboxylic acids is 2. The highest BCUT2D eigenvalue weighted by Crippen LogP contribution is 2.29. The quantitative estimate of drug-likeness (QED) is 0.523. The van der Waals surface area contributed by atoms with Crippen LogP contribution in [0.5, 0.6) is 11.5 Å². The molecule has 1 amide bonds. The molecule has 0 saturated carbocycles. The minimum Gasteiger partial charge on any atom is -0.493 e. The molecule has 4 rings (SSSR count). The van der Waals surface area contributed by atoms with Crippen LogP contribution < -0.4 is 15.2 Å². The summed E-state index contributed by atoms with van der Waals surface area (Å²) in [5.74, 6) is 0.236. The standard InChI is InChI=1S/C25H29FN2O4/c26-22-15-24(31-12-11-29)23(27)14-21(22)25(30)28-9-7-17(8-10-28)16-32-20-6-5-18-3-1-2-4-19(18)13-20/h5-6,11,13-15,17H,1-4,7-10,12,16,27H2. The lowest BCUT2D eigenvalue weighted by molar-refractivity contribution is -0.109. The van der Waals surface area contributed by atoms with Crippen LogP contribution >= 0.6 is 0 Å². The molecule has 6 nitrogen and oxygen atoms in total. The van der Waals surface area contributed by atoms with E-state index < -0.39 is 5.82 Å². The fourth-order valence-electron chi connectivity index (χ4n) is 4.47. The van der Waals surface area contributed by atoms with Crippen molar-refractivity contribution in [2.75, 3.05) is 32.0 Å². The van der Waals surface area contributed by atoms with Gasteiger partial charge in [0.1, 0.15) is 23.9 Å². The molecular formula is C25H29FN2O4. The Labute approximate surface area is 187 Å². The van der Waals surface area contributed by atoms with Crippen LogP contribution in [0.25, 0.3) is 0 Å². The number of fused-ring (bicyclic) bond motifs is 1. The number of likely N-dealkylation sites (tertiary alicyclic amines) is 1. The maximum absolute atomic E-state index is 14.5. The molecule has 0 aromatic heterocycles. The number of nitrogen functional groups attached to an aromatic ring is 1. The Kier molecular flexibility index (Phi) is 6.93. The van der Waals surface area contributed by atoms with Crippen LogP contribution in [0, 0.1) is 11.7 Å². The van der Waals surface area contributed by atoms with Crippen LogP contribution in [-0.2, 0) is 17.6 Å². The van der Waals surface area contributed by atoms with Gasteiger partial charge in [0.2, 0.25) is 0 Å². The molecule has 2 aliphatic rings. The summed E-state index contributed by atoms with van der Waals surface area (Å²) in [6.07, 6.45) is 6.93. The van der Waals surface area contributed by atoms with E-state index in [2.05, 4.69) is 18.2 Å². The van der Waals surface area contributed by atoms with Crippen molar-refractivity contribution in [3.8, 4) is 11.5 Å². The maximum Gasteiger partial charge on any atom is 0.256 e. The van der Waals surface area contributed by atoms with E-state index in [1.54, 1.807) is 4.90 Å². The van der Waals surface area contributed by atoms with Crippen molar-refractivity contribution in [2.24, 2.45) is 5.92 Å². The maximum atomic E-state index is 14.5. The van der Waals surface area contributed by atoms with Crippen LogP contribution in [0.1, 0.15) is 47.2 Å². The van der Waals surface area contributed by atoms with E-state index in [1.165, 1.54) is 30.0 Å². The summed E-state index contributed by atoms with van der Waals surface area (Å²) in [5, 5.41) is 0. The number of halogens is 1. The molecule has 7 heteroatoms. The highest BCUT2D eigenvalue weighted by atomic mass is 19.1. The fourth-order valence-corrected chi connectivity index (χ4v) is 4.47. The summed E-state index contributed by atoms with van der Waals surface area (Å²) >= 11 is 0. The summed E-state index contributed by atoms with van der Waals surface area (Å²) in [5.41, 5.74) is 8.75. The Balaban J connectivity index is 1.30. The van der Waals surface area contributed by atoms with Crippen molar-refractivity contribution in [3.63, 3.8) is 0 Å². The van der Waals surface area contributed by atoms with Gasteiger partial charge in [-0.1, -0.05) is 6.07 Å². The van der Waals surface area contributed by atoms with Gasteiger partial charge in [-0.25, -0.2) is 4.39 Å². The third kappa shape index (κ3) is 5.03. The molecule has 2 aromatic carbocycles. The predicted octanol–water partition coefficient (Wildman–Crippen LogP) is 3.80. The van der Waals surface area contributed by atoms with Crippen molar-refractivity contribution < 1.29 is 23.5 Å². The topological polar surface area (TPSA) is 81.9 Å². The number of aldehydes is 1. The Morgan fingerprint density at radius 2 is 1.84 bits per heavy atom. The molecular weight excluding hydrogens is 411 g/mol. The number of carbonyl (C=O) groups is 2. The fraction of sp³-hybridized carbons (Fsp3) is 0.440. The number of nitrogens with two attached hydrogens (primary N) is 1. The van der Waals surface area contributed by atoms with Crippen LogP contribution in [-0.4, -0.2) is 43.4 Å². The molecule has 0 atom stereocenters. The molecule has 1 saturated heterocycles. The molecule has 1 aliphatic carbocycles. The number of piperidine rings is 1. The van der Waals surface area contributed by atoms with Gasteiger partial charge in [-0.15, -0.1) is 0 Å². The van der Waals surface area contributed by atoms with Crippen molar-refractivity contribution in [1.82, 2.24) is 4.90 Å². The molecule has 1 heterocycles. The first-order valence-electron chi connectivity index (χ1n) is 11.2. The van der Waals surface area contributed by atoms with Crippen molar-refractivity contribution in [3.05, 3.63) is 52.8 Å². The first-order valence-corrected chi connectivity index (χ1v) is 11.2. The summed E-state index contributed by atoms with van der Waals surface area (Å²) < 4.78 is 25.6. The number of benzene rings is 2. The molecule has 1 aliphatic heterocycles. The summed E-state index contributed by atoms with van der Waals surface area (Å²) in [6, 6.07) is 8.75. The van der Waals surface area contributed by atoms with Crippen LogP contribution in [0.4, 0.5) is 10.1 Å². The Hall–Kier alpha value is -3.09. The zero-order valence-corrected chi connectivity index (χ0v) is 18.1. The normalized spacial score (nSPS) is 16.3. The van der Waals surface area contributed by atoms with E-state index in [1.807, 2.05) is 0 Å². The molecule has 0 bridgehead atoms. The van der Waals surface area contributed by atoms with E-state index in [0.29, 0.717) is 31.9 Å². The Morgan fingerprint density at radius 3 is 2.59 bits per heavy atom. The van der Waals surface area contributed by atoms with Crippen molar-refractivity contribution >= 4 is 17.9 Å². The Bertz CT molecular complexity index is 986. The van der Waals surface area contributed by atoms with Gasteiger partial charge in [0.25, 0.3) is 5.91 Å². The molecule has 32 heavy (non-hydrogen) atoms. The van der Waals surface area contributed by atoms with Gasteiger partial charge in [-0.3, -0.25) is 9.59 Å². The van der Waals surface area contributed by atoms with Gasteiger partial charge in [0, 0.05) is 19.2 Å². The molecule has 0 spiro atoms. The number of aryl methyl sites for hydroxylation is 2. The number of amides is 1. The molecule has 0 unspecified atom stereocenters. The average molecular weight is 441 g/mol. The summed E-state index contributed by atoms with van der Waals surface area (Å²) in [4.78, 5) is 24.9. The van der Waals surface area contributed by atoms with Gasteiger partial charge >= 0.3 is 0 Å². The average Bonchev–Trinajstić information content (AvgIpc) is 2.82. The predicted molar refractivity (Wildman–Crippen MR) is 120 cm³/mol. The molecule has 2 aromatic rings. The van der Waals surface area contributed by atoms with Crippen LogP contribution in [0.15, 0.2) is 30.3 Å². The zero-order chi connectivity index (χ0) is 22.5. The number of anilines is 1. The molecule has 0 radical (unpaired) electrons. The Morgan fingerprint density at radius 1 is 1.09 bits per heavy atom. The van der Waals surface area contributed by atoms with Gasteiger partial charge in [0.05, 0.1) is 17.9 Å². The summed E-state index contributed by atoms with van der Waals surface area (Å²) in [6.45, 7) is 1.47. The van der Waals surface area contributed by atoms with E-state index in [4.69, 9.17) is 15.2 Å². The number of hydrogen-bond acceptors (Lipinski definition) is 5. The highest BCUT2D eigenvalue weighted by molar-refractivity contribution is 5.96. The monoisotopic (exact) mass is 440 g/mol. The van der Waals surface area contributed by atoms with Gasteiger partial charge in [-0.2, -0.15) is 0 Å². The number of rotatable bonds is 7. The first kappa shape index (κ1) is 22.1. The smallest absolute Gasteiger partial charge is 0.256 e. The van der Waals surface area contributed by atoms with Crippen LogP contribution in [0.3, 0.4) is 0 Å². The lowest BCUT2D eigenvalue weighted by Crippen LogP contribution is -2.40. The second kappa shape index (κ2) is 10.0. The van der Waals surface area contributed by atoms with Crippen LogP contribution in [0.2, 0.25) is 0 Å². The number of nitrogens with zero attached hydrogens (tertiary/aromatic N) is 1. The lowest BCUT2D eigenvalue weighted by Gasteiger charge is -2.32. The third-order valence-electron chi connectivity index (χ3n) is 6.34. The van der Waals surface area contributed by atoms with Crippen molar-refractivity contribution in [1.29, 1.82) is 0 Å².